The van der Waals surface area contributed by atoms with Crippen molar-refractivity contribution in [2.75, 3.05) is 5.32 Å². The van der Waals surface area contributed by atoms with Gasteiger partial charge in [0.15, 0.2) is 5.76 Å². The van der Waals surface area contributed by atoms with Gasteiger partial charge in [0.25, 0.3) is 11.5 Å². The SMILES string of the molecule is O=C(Nc1cc(-c2ccco2)nn1-c1nc2c(c(=O)[nH]1)CCC2)c1ccc(Cl)cc1Cl. The number of furan rings is 1. The number of amides is 1. The first-order chi connectivity index (χ1) is 15.0. The van der Waals surface area contributed by atoms with Crippen LogP contribution in [0.2, 0.25) is 10.0 Å². The minimum absolute atomic E-state index is 0.203. The van der Waals surface area contributed by atoms with E-state index in [-0.39, 0.29) is 22.1 Å². The summed E-state index contributed by atoms with van der Waals surface area (Å²) in [5, 5.41) is 7.92. The summed E-state index contributed by atoms with van der Waals surface area (Å²) in [5.74, 6) is 0.545. The van der Waals surface area contributed by atoms with Crippen molar-refractivity contribution in [1.82, 2.24) is 19.7 Å². The van der Waals surface area contributed by atoms with Crippen LogP contribution in [0.25, 0.3) is 17.4 Å². The van der Waals surface area contributed by atoms with E-state index in [0.717, 1.165) is 18.5 Å². The number of hydrogen-bond donors (Lipinski definition) is 2. The Morgan fingerprint density at radius 3 is 2.84 bits per heavy atom. The molecule has 0 spiro atoms. The van der Waals surface area contributed by atoms with E-state index in [1.165, 1.54) is 23.1 Å². The Bertz CT molecular complexity index is 1360. The molecule has 0 saturated heterocycles. The summed E-state index contributed by atoms with van der Waals surface area (Å²) in [6.07, 6.45) is 3.83. The summed E-state index contributed by atoms with van der Waals surface area (Å²) in [7, 11) is 0. The van der Waals surface area contributed by atoms with Gasteiger partial charge in [-0.2, -0.15) is 9.78 Å². The minimum atomic E-state index is -0.461. The zero-order valence-corrected chi connectivity index (χ0v) is 17.5. The fourth-order valence-electron chi connectivity index (χ4n) is 3.56. The predicted molar refractivity (Wildman–Crippen MR) is 116 cm³/mol. The van der Waals surface area contributed by atoms with Gasteiger partial charge in [0.2, 0.25) is 5.95 Å². The van der Waals surface area contributed by atoms with Crippen molar-refractivity contribution in [3.63, 3.8) is 0 Å². The van der Waals surface area contributed by atoms with E-state index in [9.17, 15) is 9.59 Å². The van der Waals surface area contributed by atoms with Crippen molar-refractivity contribution in [3.05, 3.63) is 79.9 Å². The Morgan fingerprint density at radius 2 is 2.06 bits per heavy atom. The molecular formula is C21H15Cl2N5O3. The molecule has 31 heavy (non-hydrogen) atoms. The second kappa shape index (κ2) is 7.72. The zero-order valence-electron chi connectivity index (χ0n) is 16.0. The Morgan fingerprint density at radius 1 is 1.19 bits per heavy atom. The number of benzene rings is 1. The van der Waals surface area contributed by atoms with Gasteiger partial charge in [-0.15, -0.1) is 0 Å². The first-order valence-corrected chi connectivity index (χ1v) is 10.3. The molecule has 2 N–H and O–H groups in total. The molecule has 0 aliphatic heterocycles. The third kappa shape index (κ3) is 3.64. The van der Waals surface area contributed by atoms with Gasteiger partial charge >= 0.3 is 0 Å². The van der Waals surface area contributed by atoms with Gasteiger partial charge in [-0.1, -0.05) is 23.2 Å². The van der Waals surface area contributed by atoms with Crippen molar-refractivity contribution in [3.8, 4) is 17.4 Å². The average molecular weight is 456 g/mol. The molecule has 0 fully saturated rings. The van der Waals surface area contributed by atoms with Crippen LogP contribution in [0.3, 0.4) is 0 Å². The van der Waals surface area contributed by atoms with Gasteiger partial charge in [0.1, 0.15) is 11.5 Å². The molecule has 3 aromatic heterocycles. The monoisotopic (exact) mass is 455 g/mol. The summed E-state index contributed by atoms with van der Waals surface area (Å²) in [5.41, 5.74) is 1.94. The third-order valence-electron chi connectivity index (χ3n) is 5.03. The summed E-state index contributed by atoms with van der Waals surface area (Å²) in [6.45, 7) is 0. The minimum Gasteiger partial charge on any atom is -0.463 e. The van der Waals surface area contributed by atoms with Gasteiger partial charge in [0.05, 0.1) is 22.5 Å². The summed E-state index contributed by atoms with van der Waals surface area (Å²) < 4.78 is 6.80. The van der Waals surface area contributed by atoms with Crippen molar-refractivity contribution in [1.29, 1.82) is 0 Å². The molecule has 1 aromatic carbocycles. The standard InChI is InChI=1S/C21H15Cl2N5O3/c22-11-6-7-12(14(23)9-11)19(29)25-18-10-16(17-5-2-8-31-17)27-28(18)21-24-15-4-1-3-13(15)20(30)26-21/h2,5-10H,1,3-4H2,(H,25,29)(H,24,26,30). The summed E-state index contributed by atoms with van der Waals surface area (Å²) in [6, 6.07) is 9.71. The number of fused-ring (bicyclic) bond motifs is 1. The molecule has 1 aliphatic rings. The second-order valence-electron chi connectivity index (χ2n) is 7.05. The molecule has 4 aromatic rings. The fraction of sp³-hybridized carbons (Fsp3) is 0.143. The number of aryl methyl sites for hydroxylation is 1. The molecule has 10 heteroatoms. The van der Waals surface area contributed by atoms with Crippen LogP contribution in [-0.4, -0.2) is 25.7 Å². The van der Waals surface area contributed by atoms with E-state index in [2.05, 4.69) is 20.4 Å². The van der Waals surface area contributed by atoms with E-state index in [4.69, 9.17) is 27.6 Å². The topological polar surface area (TPSA) is 106 Å². The number of anilines is 1. The highest BCUT2D eigenvalue weighted by Gasteiger charge is 2.22. The normalized spacial score (nSPS) is 12.7. The van der Waals surface area contributed by atoms with Gasteiger partial charge in [-0.25, -0.2) is 4.98 Å². The molecule has 1 amide bonds. The van der Waals surface area contributed by atoms with Crippen LogP contribution in [-0.2, 0) is 12.8 Å². The molecule has 3 heterocycles. The van der Waals surface area contributed by atoms with E-state index < -0.39 is 5.91 Å². The molecule has 0 radical (unpaired) electrons. The maximum absolute atomic E-state index is 12.9. The largest absolute Gasteiger partial charge is 0.463 e. The number of nitrogens with one attached hydrogen (secondary N) is 2. The molecule has 0 atom stereocenters. The van der Waals surface area contributed by atoms with Gasteiger partial charge in [-0.05, 0) is 49.6 Å². The van der Waals surface area contributed by atoms with E-state index in [0.29, 0.717) is 34.3 Å². The Balaban J connectivity index is 1.59. The number of hydrogen-bond acceptors (Lipinski definition) is 5. The lowest BCUT2D eigenvalue weighted by Gasteiger charge is -2.10. The fourth-order valence-corrected chi connectivity index (χ4v) is 4.06. The van der Waals surface area contributed by atoms with Gasteiger partial charge in [-0.3, -0.25) is 14.6 Å². The highest BCUT2D eigenvalue weighted by Crippen LogP contribution is 2.27. The number of carbonyl (C=O) groups excluding carboxylic acids is 1. The maximum atomic E-state index is 12.9. The number of aromatic nitrogens is 4. The number of aromatic amines is 1. The highest BCUT2D eigenvalue weighted by atomic mass is 35.5. The van der Waals surface area contributed by atoms with Gasteiger partial charge in [0, 0.05) is 16.7 Å². The number of H-pyrrole nitrogens is 1. The molecular weight excluding hydrogens is 441 g/mol. The molecule has 8 nitrogen and oxygen atoms in total. The number of carbonyl (C=O) groups is 1. The van der Waals surface area contributed by atoms with Crippen LogP contribution < -0.4 is 10.9 Å². The van der Waals surface area contributed by atoms with Crippen molar-refractivity contribution < 1.29 is 9.21 Å². The number of halogens is 2. The van der Waals surface area contributed by atoms with Gasteiger partial charge < -0.3 is 9.73 Å². The Labute approximate surface area is 185 Å². The van der Waals surface area contributed by atoms with Crippen LogP contribution in [0.15, 0.2) is 51.9 Å². The molecule has 0 saturated carbocycles. The summed E-state index contributed by atoms with van der Waals surface area (Å²) >= 11 is 12.1. The van der Waals surface area contributed by atoms with Crippen molar-refractivity contribution in [2.45, 2.75) is 19.3 Å². The number of nitrogens with zero attached hydrogens (tertiary/aromatic N) is 3. The number of rotatable bonds is 4. The van der Waals surface area contributed by atoms with E-state index >= 15 is 0 Å². The average Bonchev–Trinajstić information content (AvgIpc) is 3.48. The molecule has 5 rings (SSSR count). The second-order valence-corrected chi connectivity index (χ2v) is 7.89. The molecule has 1 aliphatic carbocycles. The van der Waals surface area contributed by atoms with Crippen molar-refractivity contribution in [2.24, 2.45) is 0 Å². The zero-order chi connectivity index (χ0) is 21.5. The first kappa shape index (κ1) is 19.6. The van der Waals surface area contributed by atoms with Crippen LogP contribution in [0, 0.1) is 0 Å². The van der Waals surface area contributed by atoms with E-state index in [1.807, 2.05) is 0 Å². The predicted octanol–water partition coefficient (Wildman–Crippen LogP) is 4.26. The molecule has 0 bridgehead atoms. The quantitative estimate of drug-likeness (QED) is 0.477. The van der Waals surface area contributed by atoms with Crippen LogP contribution >= 0.6 is 23.2 Å². The molecule has 156 valence electrons. The summed E-state index contributed by atoms with van der Waals surface area (Å²) in [4.78, 5) is 32.7. The lowest BCUT2D eigenvalue weighted by molar-refractivity contribution is 0.102. The van der Waals surface area contributed by atoms with Crippen LogP contribution in [0.5, 0.6) is 0 Å². The lowest BCUT2D eigenvalue weighted by atomic mass is 10.2. The van der Waals surface area contributed by atoms with Crippen LogP contribution in [0.4, 0.5) is 5.82 Å². The Kier molecular flexibility index (Phi) is 4.88. The van der Waals surface area contributed by atoms with Crippen LogP contribution in [0.1, 0.15) is 28.0 Å². The van der Waals surface area contributed by atoms with Crippen molar-refractivity contribution >= 4 is 34.9 Å². The maximum Gasteiger partial charge on any atom is 0.258 e. The first-order valence-electron chi connectivity index (χ1n) is 9.52. The smallest absolute Gasteiger partial charge is 0.258 e. The third-order valence-corrected chi connectivity index (χ3v) is 5.58. The lowest BCUT2D eigenvalue weighted by Crippen LogP contribution is -2.21. The Hall–Kier alpha value is -3.36. The van der Waals surface area contributed by atoms with E-state index in [1.54, 1.807) is 24.3 Å². The molecule has 0 unspecified atom stereocenters. The highest BCUT2D eigenvalue weighted by molar-refractivity contribution is 6.37.